The van der Waals surface area contributed by atoms with Crippen LogP contribution < -0.4 is 0 Å². The highest BCUT2D eigenvalue weighted by atomic mass is 35.7. The Morgan fingerprint density at radius 2 is 1.60 bits per heavy atom. The molecule has 0 nitrogen and oxygen atoms in total. The molecule has 5 heavy (non-hydrogen) atoms. The molecule has 4 heteroatoms. The number of rotatable bonds is 0. The van der Waals surface area contributed by atoms with Crippen molar-refractivity contribution < 1.29 is 0 Å². The lowest BCUT2D eigenvalue weighted by atomic mass is 11.9. The lowest BCUT2D eigenvalue weighted by Crippen LogP contribution is -2.11. The highest BCUT2D eigenvalue weighted by Crippen LogP contribution is 2.05. The van der Waals surface area contributed by atoms with Gasteiger partial charge in [-0.3, -0.25) is 0 Å². The minimum atomic E-state index is -1.53. The SMILES string of the molecule is C[Si]([SiH3])(Cl)Cl. The summed E-state index contributed by atoms with van der Waals surface area (Å²) in [6.45, 7) is 1.92. The third kappa shape index (κ3) is 44.3. The Balaban J connectivity index is 3.02. The van der Waals surface area contributed by atoms with E-state index in [1.165, 1.54) is 0 Å². The van der Waals surface area contributed by atoms with E-state index in [0.717, 1.165) is 9.76 Å². The fourth-order valence-electron chi connectivity index (χ4n) is 0. The molecule has 0 aromatic heterocycles. The van der Waals surface area contributed by atoms with Crippen molar-refractivity contribution in [2.45, 2.75) is 6.55 Å². The largest absolute Gasteiger partial charge is 0.225 e. The second kappa shape index (κ2) is 1.64. The molecule has 0 heterocycles. The lowest BCUT2D eigenvalue weighted by molar-refractivity contribution is 2.31. The molecule has 0 aromatic rings. The van der Waals surface area contributed by atoms with Crippen LogP contribution in [0.5, 0.6) is 0 Å². The fourth-order valence-corrected chi connectivity index (χ4v) is 0. The lowest BCUT2D eigenvalue weighted by Gasteiger charge is -1.93. The molecule has 0 aliphatic heterocycles. The summed E-state index contributed by atoms with van der Waals surface area (Å²) in [7, 11) is 0.978. The molecule has 0 aliphatic rings. The zero-order valence-electron chi connectivity index (χ0n) is 3.26. The normalized spacial score (nSPS) is 12.6. The summed E-state index contributed by atoms with van der Waals surface area (Å²) in [5, 5.41) is 0. The predicted octanol–water partition coefficient (Wildman–Crippen LogP) is 0.398. The predicted molar refractivity (Wildman–Crippen MR) is 33.3 cm³/mol. The van der Waals surface area contributed by atoms with Gasteiger partial charge in [0.15, 0.2) is 0 Å². The molecule has 0 aliphatic carbocycles. The van der Waals surface area contributed by atoms with Crippen molar-refractivity contribution in [3.63, 3.8) is 0 Å². The summed E-state index contributed by atoms with van der Waals surface area (Å²) < 4.78 is 0. The van der Waals surface area contributed by atoms with Crippen LogP contribution in [0.2, 0.25) is 6.55 Å². The van der Waals surface area contributed by atoms with Gasteiger partial charge in [-0.1, -0.05) is 0 Å². The van der Waals surface area contributed by atoms with Crippen LogP contribution in [0, 0.1) is 0 Å². The summed E-state index contributed by atoms with van der Waals surface area (Å²) in [5.74, 6) is 0. The van der Waals surface area contributed by atoms with Gasteiger partial charge >= 0.3 is 0 Å². The maximum absolute atomic E-state index is 5.50. The van der Waals surface area contributed by atoms with Crippen molar-refractivity contribution >= 4 is 38.1 Å². The molecule has 0 bridgehead atoms. The second-order valence-electron chi connectivity index (χ2n) is 1.33. The van der Waals surface area contributed by atoms with Gasteiger partial charge in [-0.05, 0) is 6.55 Å². The van der Waals surface area contributed by atoms with Crippen molar-refractivity contribution in [3.8, 4) is 0 Å². The zero-order valence-corrected chi connectivity index (χ0v) is 7.77. The highest BCUT2D eigenvalue weighted by Gasteiger charge is 2.08. The average Bonchev–Trinajstić information content (AvgIpc) is 0.722. The molecule has 0 N–H and O–H groups in total. The summed E-state index contributed by atoms with van der Waals surface area (Å²) >= 11 is 11.0. The first-order chi connectivity index (χ1) is 2.00. The second-order valence-corrected chi connectivity index (χ2v) is 20.0. The van der Waals surface area contributed by atoms with Crippen LogP contribution in [-0.4, -0.2) is 16.0 Å². The van der Waals surface area contributed by atoms with Gasteiger partial charge in [0.05, 0.1) is 0 Å². The van der Waals surface area contributed by atoms with Crippen LogP contribution in [0.25, 0.3) is 0 Å². The smallest absolute Gasteiger partial charge is 0.151 e. The molecule has 0 unspecified atom stereocenters. The Labute approximate surface area is 45.1 Å². The van der Waals surface area contributed by atoms with Gasteiger partial charge in [-0.25, -0.2) is 0 Å². The maximum atomic E-state index is 5.50. The minimum absolute atomic E-state index is 0.978. The quantitative estimate of drug-likeness (QED) is 0.342. The van der Waals surface area contributed by atoms with Gasteiger partial charge in [0, 0.05) is 9.76 Å². The Kier molecular flexibility index (Phi) is 1.97. The van der Waals surface area contributed by atoms with Crippen molar-refractivity contribution in [2.75, 3.05) is 0 Å². The first kappa shape index (κ1) is 6.01. The highest BCUT2D eigenvalue weighted by molar-refractivity contribution is 7.62. The summed E-state index contributed by atoms with van der Waals surface area (Å²) in [6, 6.07) is 0. The van der Waals surface area contributed by atoms with E-state index >= 15 is 0 Å². The van der Waals surface area contributed by atoms with Gasteiger partial charge < -0.3 is 0 Å². The maximum Gasteiger partial charge on any atom is 0.225 e. The zero-order chi connectivity index (χ0) is 4.50. The van der Waals surface area contributed by atoms with Crippen LogP contribution in [0.3, 0.4) is 0 Å². The molecule has 0 saturated carbocycles. The van der Waals surface area contributed by atoms with Crippen molar-refractivity contribution in [2.24, 2.45) is 0 Å². The first-order valence-corrected chi connectivity index (χ1v) is 9.40. The molecule has 0 amide bonds. The molecule has 0 atom stereocenters. The average molecular weight is 145 g/mol. The van der Waals surface area contributed by atoms with Crippen molar-refractivity contribution in [1.29, 1.82) is 0 Å². The standard InChI is InChI=1S/CH6Cl2Si2/c1-5(2,3)4/h1,4H3. The van der Waals surface area contributed by atoms with Crippen molar-refractivity contribution in [3.05, 3.63) is 0 Å². The molecule has 0 fully saturated rings. The Morgan fingerprint density at radius 3 is 1.60 bits per heavy atom. The van der Waals surface area contributed by atoms with Gasteiger partial charge in [0.2, 0.25) is 6.21 Å². The summed E-state index contributed by atoms with van der Waals surface area (Å²) in [6.07, 6.45) is -1.53. The molecule has 0 rings (SSSR count). The monoisotopic (exact) mass is 144 g/mol. The van der Waals surface area contributed by atoms with Gasteiger partial charge in [-0.15, -0.1) is 0 Å². The molecular weight excluding hydrogens is 139 g/mol. The van der Waals surface area contributed by atoms with E-state index in [1.807, 2.05) is 6.55 Å². The Hall–Kier alpha value is 1.01. The van der Waals surface area contributed by atoms with Gasteiger partial charge in [0.1, 0.15) is 0 Å². The van der Waals surface area contributed by atoms with Crippen LogP contribution >= 0.6 is 22.2 Å². The molecule has 0 radical (unpaired) electrons. The molecule has 0 spiro atoms. The van der Waals surface area contributed by atoms with Crippen LogP contribution in [-0.2, 0) is 0 Å². The number of halogens is 2. The van der Waals surface area contributed by atoms with Gasteiger partial charge in [0.25, 0.3) is 0 Å². The topological polar surface area (TPSA) is 0 Å². The first-order valence-electron chi connectivity index (χ1n) is 1.38. The summed E-state index contributed by atoms with van der Waals surface area (Å²) in [5.41, 5.74) is 0. The van der Waals surface area contributed by atoms with E-state index in [1.54, 1.807) is 0 Å². The summed E-state index contributed by atoms with van der Waals surface area (Å²) in [4.78, 5) is 0. The number of hydrogen-bond acceptors (Lipinski definition) is 0. The van der Waals surface area contributed by atoms with E-state index in [-0.39, 0.29) is 0 Å². The van der Waals surface area contributed by atoms with Crippen molar-refractivity contribution in [1.82, 2.24) is 0 Å². The third-order valence-electron chi connectivity index (χ3n) is 0. The van der Waals surface area contributed by atoms with E-state index in [4.69, 9.17) is 22.2 Å². The number of hydrogen-bond donors (Lipinski definition) is 0. The van der Waals surface area contributed by atoms with E-state index in [9.17, 15) is 0 Å². The fraction of sp³-hybridized carbons (Fsp3) is 1.00. The van der Waals surface area contributed by atoms with E-state index in [2.05, 4.69) is 0 Å². The van der Waals surface area contributed by atoms with Crippen LogP contribution in [0.1, 0.15) is 0 Å². The molecule has 0 aromatic carbocycles. The Morgan fingerprint density at radius 1 is 1.60 bits per heavy atom. The van der Waals surface area contributed by atoms with E-state index < -0.39 is 6.21 Å². The molecule has 32 valence electrons. The molecular formula is CH6Cl2Si2. The minimum Gasteiger partial charge on any atom is -0.151 e. The van der Waals surface area contributed by atoms with Gasteiger partial charge in [-0.2, -0.15) is 22.2 Å². The Bertz CT molecular complexity index is 23.1. The van der Waals surface area contributed by atoms with E-state index in [0.29, 0.717) is 0 Å². The molecule has 0 saturated heterocycles. The third-order valence-corrected chi connectivity index (χ3v) is 0. The van der Waals surface area contributed by atoms with Crippen LogP contribution in [0.15, 0.2) is 0 Å². The van der Waals surface area contributed by atoms with Crippen LogP contribution in [0.4, 0.5) is 0 Å².